The van der Waals surface area contributed by atoms with Gasteiger partial charge in [0.15, 0.2) is 0 Å². The molecular formula is C13H23NO6. The number of nitrogens with two attached hydrogens (primary N) is 1. The standard InChI is InChI=1S/C13H23NO6/c1-5-13(4,20-9(3)15)10(11(16)17)8(2)12(18)19-7-6-14/h8,10H,5-7,14H2,1-4H3,(H,16,17). The van der Waals surface area contributed by atoms with Gasteiger partial charge in [0.05, 0.1) is 5.92 Å². The average molecular weight is 289 g/mol. The molecule has 0 amide bonds. The molecule has 7 nitrogen and oxygen atoms in total. The van der Waals surface area contributed by atoms with Gasteiger partial charge >= 0.3 is 17.9 Å². The summed E-state index contributed by atoms with van der Waals surface area (Å²) in [6.45, 7) is 6.01. The van der Waals surface area contributed by atoms with E-state index >= 15 is 0 Å². The third-order valence-electron chi connectivity index (χ3n) is 3.24. The first-order valence-corrected chi connectivity index (χ1v) is 6.48. The molecule has 0 aromatic heterocycles. The molecule has 0 bridgehead atoms. The number of hydrogen-bond donors (Lipinski definition) is 2. The number of carboxylic acids is 1. The zero-order chi connectivity index (χ0) is 15.9. The minimum absolute atomic E-state index is 0.0198. The molecule has 0 saturated heterocycles. The van der Waals surface area contributed by atoms with Crippen molar-refractivity contribution in [3.8, 4) is 0 Å². The van der Waals surface area contributed by atoms with Crippen molar-refractivity contribution >= 4 is 17.9 Å². The number of carbonyl (C=O) groups excluding carboxylic acids is 2. The third-order valence-corrected chi connectivity index (χ3v) is 3.24. The molecule has 3 unspecified atom stereocenters. The molecule has 7 heteroatoms. The van der Waals surface area contributed by atoms with E-state index in [0.29, 0.717) is 0 Å². The number of esters is 2. The molecule has 0 spiro atoms. The molecule has 3 atom stereocenters. The minimum Gasteiger partial charge on any atom is -0.481 e. The SMILES string of the molecule is CCC(C)(OC(C)=O)C(C(=O)O)C(C)C(=O)OCCN. The van der Waals surface area contributed by atoms with Gasteiger partial charge in [0.25, 0.3) is 0 Å². The van der Waals surface area contributed by atoms with Crippen molar-refractivity contribution in [3.63, 3.8) is 0 Å². The van der Waals surface area contributed by atoms with Crippen LogP contribution in [-0.2, 0) is 23.9 Å². The van der Waals surface area contributed by atoms with Crippen LogP contribution in [0.2, 0.25) is 0 Å². The van der Waals surface area contributed by atoms with Gasteiger partial charge in [0, 0.05) is 13.5 Å². The molecule has 0 rings (SSSR count). The Morgan fingerprint density at radius 3 is 2.25 bits per heavy atom. The number of ether oxygens (including phenoxy) is 2. The van der Waals surface area contributed by atoms with Gasteiger partial charge in [-0.15, -0.1) is 0 Å². The number of carbonyl (C=O) groups is 3. The Bertz CT molecular complexity index is 370. The van der Waals surface area contributed by atoms with Gasteiger partial charge in [0.2, 0.25) is 0 Å². The smallest absolute Gasteiger partial charge is 0.311 e. The first kappa shape index (κ1) is 18.4. The van der Waals surface area contributed by atoms with Gasteiger partial charge in [-0.2, -0.15) is 0 Å². The molecule has 0 fully saturated rings. The van der Waals surface area contributed by atoms with Crippen molar-refractivity contribution in [2.24, 2.45) is 17.6 Å². The molecule has 0 heterocycles. The highest BCUT2D eigenvalue weighted by Gasteiger charge is 2.47. The van der Waals surface area contributed by atoms with Crippen molar-refractivity contribution in [2.45, 2.75) is 39.7 Å². The molecule has 0 aromatic carbocycles. The lowest BCUT2D eigenvalue weighted by molar-refractivity contribution is -0.180. The Morgan fingerprint density at radius 1 is 1.35 bits per heavy atom. The van der Waals surface area contributed by atoms with Gasteiger partial charge in [-0.3, -0.25) is 14.4 Å². The first-order chi connectivity index (χ1) is 9.19. The predicted octanol–water partition coefficient (Wildman–Crippen LogP) is 0.557. The highest BCUT2D eigenvalue weighted by Crippen LogP contribution is 2.33. The van der Waals surface area contributed by atoms with Gasteiger partial charge < -0.3 is 20.3 Å². The van der Waals surface area contributed by atoms with Crippen LogP contribution in [0.5, 0.6) is 0 Å². The molecule has 3 N–H and O–H groups in total. The zero-order valence-corrected chi connectivity index (χ0v) is 12.3. The fourth-order valence-corrected chi connectivity index (χ4v) is 2.11. The lowest BCUT2D eigenvalue weighted by atomic mass is 9.78. The van der Waals surface area contributed by atoms with E-state index in [-0.39, 0.29) is 19.6 Å². The quantitative estimate of drug-likeness (QED) is 0.627. The maximum absolute atomic E-state index is 11.8. The van der Waals surface area contributed by atoms with Crippen LogP contribution in [0.4, 0.5) is 0 Å². The van der Waals surface area contributed by atoms with Gasteiger partial charge in [0.1, 0.15) is 18.1 Å². The second kappa shape index (κ2) is 7.84. The van der Waals surface area contributed by atoms with Crippen LogP contribution in [0.1, 0.15) is 34.1 Å². The van der Waals surface area contributed by atoms with Crippen LogP contribution in [0.25, 0.3) is 0 Å². The summed E-state index contributed by atoms with van der Waals surface area (Å²) in [4.78, 5) is 34.5. The average Bonchev–Trinajstić information content (AvgIpc) is 2.34. The van der Waals surface area contributed by atoms with Crippen molar-refractivity contribution in [1.82, 2.24) is 0 Å². The van der Waals surface area contributed by atoms with E-state index in [2.05, 4.69) is 0 Å². The van der Waals surface area contributed by atoms with E-state index in [0.717, 1.165) is 0 Å². The third kappa shape index (κ3) is 4.80. The van der Waals surface area contributed by atoms with Crippen molar-refractivity contribution in [3.05, 3.63) is 0 Å². The molecule has 116 valence electrons. The molecule has 0 saturated carbocycles. The summed E-state index contributed by atoms with van der Waals surface area (Å²) in [5, 5.41) is 9.37. The fraction of sp³-hybridized carbons (Fsp3) is 0.769. The molecular weight excluding hydrogens is 266 g/mol. The first-order valence-electron chi connectivity index (χ1n) is 6.48. The Balaban J connectivity index is 5.25. The van der Waals surface area contributed by atoms with Crippen molar-refractivity contribution in [1.29, 1.82) is 0 Å². The molecule has 0 aliphatic carbocycles. The second-order valence-corrected chi connectivity index (χ2v) is 4.82. The highest BCUT2D eigenvalue weighted by molar-refractivity contribution is 5.82. The summed E-state index contributed by atoms with van der Waals surface area (Å²) in [5.41, 5.74) is 3.95. The second-order valence-electron chi connectivity index (χ2n) is 4.82. The van der Waals surface area contributed by atoms with Crippen LogP contribution in [0, 0.1) is 11.8 Å². The zero-order valence-electron chi connectivity index (χ0n) is 12.3. The summed E-state index contributed by atoms with van der Waals surface area (Å²) in [6.07, 6.45) is 0.262. The minimum atomic E-state index is -1.28. The summed E-state index contributed by atoms with van der Waals surface area (Å²) in [7, 11) is 0. The summed E-state index contributed by atoms with van der Waals surface area (Å²) >= 11 is 0. The topological polar surface area (TPSA) is 116 Å². The van der Waals surface area contributed by atoms with Crippen LogP contribution >= 0.6 is 0 Å². The Labute approximate surface area is 118 Å². The van der Waals surface area contributed by atoms with Gasteiger partial charge in [-0.05, 0) is 13.3 Å². The summed E-state index contributed by atoms with van der Waals surface area (Å²) in [5.74, 6) is -4.63. The van der Waals surface area contributed by atoms with Crippen molar-refractivity contribution in [2.75, 3.05) is 13.2 Å². The van der Waals surface area contributed by atoms with E-state index in [4.69, 9.17) is 15.2 Å². The Morgan fingerprint density at radius 2 is 1.90 bits per heavy atom. The van der Waals surface area contributed by atoms with Crippen LogP contribution in [0.3, 0.4) is 0 Å². The maximum Gasteiger partial charge on any atom is 0.311 e. The molecule has 20 heavy (non-hydrogen) atoms. The van der Waals surface area contributed by atoms with E-state index in [9.17, 15) is 19.5 Å². The normalized spacial score (nSPS) is 16.6. The van der Waals surface area contributed by atoms with E-state index in [1.807, 2.05) is 0 Å². The summed E-state index contributed by atoms with van der Waals surface area (Å²) < 4.78 is 9.99. The largest absolute Gasteiger partial charge is 0.481 e. The number of hydrogen-bond acceptors (Lipinski definition) is 6. The highest BCUT2D eigenvalue weighted by atomic mass is 16.6. The van der Waals surface area contributed by atoms with E-state index in [1.54, 1.807) is 6.92 Å². The van der Waals surface area contributed by atoms with Crippen molar-refractivity contribution < 1.29 is 29.0 Å². The number of carboxylic acid groups (broad SMARTS) is 1. The van der Waals surface area contributed by atoms with Crippen LogP contribution in [-0.4, -0.2) is 41.8 Å². The Kier molecular flexibility index (Phi) is 7.20. The fourth-order valence-electron chi connectivity index (χ4n) is 2.11. The molecule has 0 radical (unpaired) electrons. The molecule has 0 aliphatic heterocycles. The summed E-state index contributed by atoms with van der Waals surface area (Å²) in [6, 6.07) is 0. The molecule has 0 aliphatic rings. The monoisotopic (exact) mass is 289 g/mol. The molecule has 0 aromatic rings. The van der Waals surface area contributed by atoms with Crippen LogP contribution < -0.4 is 5.73 Å². The lowest BCUT2D eigenvalue weighted by Crippen LogP contribution is -2.48. The number of rotatable bonds is 8. The Hall–Kier alpha value is -1.63. The van der Waals surface area contributed by atoms with E-state index in [1.165, 1.54) is 20.8 Å². The van der Waals surface area contributed by atoms with Gasteiger partial charge in [-0.1, -0.05) is 13.8 Å². The predicted molar refractivity (Wildman–Crippen MR) is 70.8 cm³/mol. The van der Waals surface area contributed by atoms with Crippen LogP contribution in [0.15, 0.2) is 0 Å². The lowest BCUT2D eigenvalue weighted by Gasteiger charge is -2.36. The number of aliphatic carboxylic acids is 1. The van der Waals surface area contributed by atoms with Gasteiger partial charge in [-0.25, -0.2) is 0 Å². The maximum atomic E-state index is 11.8. The van der Waals surface area contributed by atoms with E-state index < -0.39 is 35.3 Å².